The van der Waals surface area contributed by atoms with Gasteiger partial charge in [0, 0.05) is 60.9 Å². The fraction of sp³-hybridized carbons (Fsp3) is 0.745. The molecule has 0 radical (unpaired) electrons. The number of nitrogens with two attached hydrogens (primary N) is 1. The summed E-state index contributed by atoms with van der Waals surface area (Å²) in [4.78, 5) is 110. The maximum absolute atomic E-state index is 14.4. The average molecular weight is 1110 g/mol. The summed E-state index contributed by atoms with van der Waals surface area (Å²) in [5.74, 6) is -4.45. The first kappa shape index (κ1) is 68.6. The molecule has 0 aromatic heterocycles. The van der Waals surface area contributed by atoms with Gasteiger partial charge < -0.3 is 75.6 Å². The van der Waals surface area contributed by atoms with Crippen molar-refractivity contribution >= 4 is 47.5 Å². The first-order chi connectivity index (χ1) is 37.0. The molecule has 23 nitrogen and oxygen atoms in total. The maximum Gasteiger partial charge on any atom is 0.407 e. The van der Waals surface area contributed by atoms with E-state index in [1.54, 1.807) is 23.8 Å². The number of aliphatic hydroxyl groups excluding tert-OH is 1. The van der Waals surface area contributed by atoms with Crippen LogP contribution in [0, 0.1) is 23.7 Å². The molecule has 8 N–H and O–H groups in total. The number of ether oxygens (including phenoxy) is 6. The van der Waals surface area contributed by atoms with Crippen molar-refractivity contribution in [3.63, 3.8) is 0 Å². The predicted molar refractivity (Wildman–Crippen MR) is 291 cm³/mol. The molecule has 1 fully saturated rings. The summed E-state index contributed by atoms with van der Waals surface area (Å²) in [5, 5.41) is 22.9. The topological polar surface area (TPSA) is 305 Å². The highest BCUT2D eigenvalue weighted by atomic mass is 16.7. The number of aliphatic hydroxyl groups is 1. The third-order valence-corrected chi connectivity index (χ3v) is 14.3. The molecule has 2 rings (SSSR count). The number of amides is 7. The van der Waals surface area contributed by atoms with Crippen molar-refractivity contribution in [1.82, 2.24) is 36.4 Å². The number of rotatable bonds is 36. The van der Waals surface area contributed by atoms with E-state index in [1.807, 2.05) is 78.8 Å². The van der Waals surface area contributed by atoms with E-state index < -0.39 is 102 Å². The first-order valence-corrected chi connectivity index (χ1v) is 27.4. The zero-order valence-corrected chi connectivity index (χ0v) is 48.5. The maximum atomic E-state index is 14.4. The fourth-order valence-electron chi connectivity index (χ4n) is 9.15. The molecule has 1 heterocycles. The second kappa shape index (κ2) is 35.9. The third kappa shape index (κ3) is 22.4. The summed E-state index contributed by atoms with van der Waals surface area (Å²) < 4.78 is 33.0. The molecule has 1 aliphatic rings. The number of nitrogens with one attached hydrogen (secondary N) is 5. The van der Waals surface area contributed by atoms with E-state index >= 15 is 0 Å². The van der Waals surface area contributed by atoms with Crippen molar-refractivity contribution in [1.29, 1.82) is 0 Å². The van der Waals surface area contributed by atoms with Gasteiger partial charge in [0.1, 0.15) is 24.7 Å². The molecule has 0 bridgehead atoms. The lowest BCUT2D eigenvalue weighted by atomic mass is 9.89. The van der Waals surface area contributed by atoms with E-state index in [0.29, 0.717) is 32.2 Å². The van der Waals surface area contributed by atoms with E-state index in [4.69, 9.17) is 34.2 Å². The van der Waals surface area contributed by atoms with Gasteiger partial charge in [0.15, 0.2) is 6.29 Å². The molecule has 444 valence electrons. The standard InChI is InChI=1S/C55H94N8O15/c1-14-35(7)48(62(10)53(70)47(34(5)6)61-52(69)46(56)33(3)4)42(73-11)30-44(66)63-27-19-23-41(63)49(75-13)36(8)50(67)60-40(29-38-21-17-16-18-22-38)51(68)57-25-20-28-76-54(71)37(9)59-43(65)24-26-58-55(72)77-32-45(74-12)78-39(15-2)31-64/h16-18,21-22,33-37,39-42,45-49,64H,14-15,19-20,23-32,56H2,1-13H3,(H,57,68)(H,58,72)(H,59,65)(H,60,67)(H,61,69)/t35-,36+,37-,39?,40-,41-,42+,45?,46-,47-,48-,49+/m0/s1. The van der Waals surface area contributed by atoms with Gasteiger partial charge in [-0.3, -0.25) is 28.8 Å². The predicted octanol–water partition coefficient (Wildman–Crippen LogP) is 2.19. The fourth-order valence-corrected chi connectivity index (χ4v) is 9.15. The van der Waals surface area contributed by atoms with Crippen LogP contribution in [0.2, 0.25) is 0 Å². The van der Waals surface area contributed by atoms with Gasteiger partial charge >= 0.3 is 12.1 Å². The number of esters is 1. The lowest BCUT2D eigenvalue weighted by Crippen LogP contribution is -2.59. The summed E-state index contributed by atoms with van der Waals surface area (Å²) in [6.45, 7) is 16.2. The highest BCUT2D eigenvalue weighted by Gasteiger charge is 2.43. The van der Waals surface area contributed by atoms with Crippen LogP contribution >= 0.6 is 0 Å². The molecule has 1 saturated heterocycles. The van der Waals surface area contributed by atoms with Crippen molar-refractivity contribution in [2.75, 3.05) is 67.8 Å². The highest BCUT2D eigenvalue weighted by molar-refractivity contribution is 5.91. The Morgan fingerprint density at radius 2 is 1.49 bits per heavy atom. The van der Waals surface area contributed by atoms with Crippen LogP contribution in [0.1, 0.15) is 113 Å². The van der Waals surface area contributed by atoms with Crippen LogP contribution in [0.4, 0.5) is 4.79 Å². The van der Waals surface area contributed by atoms with Crippen molar-refractivity contribution in [3.05, 3.63) is 35.9 Å². The van der Waals surface area contributed by atoms with Crippen LogP contribution in [0.15, 0.2) is 30.3 Å². The molecule has 7 amide bonds. The van der Waals surface area contributed by atoms with E-state index in [-0.39, 0.29) is 88.2 Å². The van der Waals surface area contributed by atoms with E-state index in [0.717, 1.165) is 5.56 Å². The second-order valence-electron chi connectivity index (χ2n) is 20.7. The molecule has 78 heavy (non-hydrogen) atoms. The molecule has 0 saturated carbocycles. The van der Waals surface area contributed by atoms with Gasteiger partial charge in [0.2, 0.25) is 35.4 Å². The molecule has 0 aliphatic carbocycles. The monoisotopic (exact) mass is 1110 g/mol. The van der Waals surface area contributed by atoms with Crippen LogP contribution in [-0.2, 0) is 68.4 Å². The van der Waals surface area contributed by atoms with Crippen LogP contribution < -0.4 is 32.3 Å². The molecular formula is C55H94N8O15. The van der Waals surface area contributed by atoms with Crippen molar-refractivity contribution in [2.24, 2.45) is 29.4 Å². The van der Waals surface area contributed by atoms with Crippen LogP contribution in [0.5, 0.6) is 0 Å². The zero-order valence-electron chi connectivity index (χ0n) is 48.5. The van der Waals surface area contributed by atoms with Gasteiger partial charge in [-0.05, 0) is 55.9 Å². The van der Waals surface area contributed by atoms with Gasteiger partial charge in [-0.2, -0.15) is 0 Å². The molecule has 1 aromatic carbocycles. The zero-order chi connectivity index (χ0) is 58.6. The van der Waals surface area contributed by atoms with Crippen molar-refractivity contribution < 1.29 is 71.9 Å². The minimum atomic E-state index is -1.01. The van der Waals surface area contributed by atoms with Crippen molar-refractivity contribution in [3.8, 4) is 0 Å². The number of nitrogens with zero attached hydrogens (tertiary/aromatic N) is 2. The molecule has 0 spiro atoms. The smallest absolute Gasteiger partial charge is 0.407 e. The molecule has 1 aromatic rings. The first-order valence-electron chi connectivity index (χ1n) is 27.4. The number of hydrogen-bond acceptors (Lipinski definition) is 16. The normalized spacial score (nSPS) is 17.7. The van der Waals surface area contributed by atoms with Gasteiger partial charge in [0.25, 0.3) is 0 Å². The number of carbonyl (C=O) groups is 8. The number of carbonyl (C=O) groups excluding carboxylic acids is 8. The lowest BCUT2D eigenvalue weighted by Gasteiger charge is -2.41. The number of alkyl carbamates (subject to hydrolysis) is 1. The Labute approximate surface area is 462 Å². The Morgan fingerprint density at radius 1 is 0.808 bits per heavy atom. The number of methoxy groups -OCH3 is 3. The minimum absolute atomic E-state index is 0.0666. The van der Waals surface area contributed by atoms with Crippen LogP contribution in [-0.4, -0.2) is 191 Å². The SMILES string of the molecule is CCC(CO)OC(COC(=O)NCCC(=O)N[C@@H](C)C(=O)OCCCNC(=O)[C@H](Cc1ccccc1)NC(=O)[C@H](C)[C@@H](OC)[C@@H]1CCCN1C(=O)C[C@@H](OC)[C@H]([C@@H](C)CC)N(C)C(=O)[C@@H](NC(=O)[C@@H](N)C(C)C)C(C)C)OC. The summed E-state index contributed by atoms with van der Waals surface area (Å²) in [5.41, 5.74) is 6.93. The molecular weight excluding hydrogens is 1010 g/mol. The Balaban J connectivity index is 2.05. The third-order valence-electron chi connectivity index (χ3n) is 14.3. The lowest BCUT2D eigenvalue weighted by molar-refractivity contribution is -0.181. The summed E-state index contributed by atoms with van der Waals surface area (Å²) in [7, 11) is 6.04. The molecule has 12 atom stereocenters. The summed E-state index contributed by atoms with van der Waals surface area (Å²) in [6.07, 6.45) is -1.09. The minimum Gasteiger partial charge on any atom is -0.464 e. The van der Waals surface area contributed by atoms with E-state index in [9.17, 15) is 43.5 Å². The van der Waals surface area contributed by atoms with Crippen LogP contribution in [0.3, 0.4) is 0 Å². The summed E-state index contributed by atoms with van der Waals surface area (Å²) in [6, 6.07) is 4.48. The second-order valence-corrected chi connectivity index (χ2v) is 20.7. The van der Waals surface area contributed by atoms with Crippen molar-refractivity contribution in [2.45, 2.75) is 175 Å². The molecule has 23 heteroatoms. The highest BCUT2D eigenvalue weighted by Crippen LogP contribution is 2.30. The van der Waals surface area contributed by atoms with Gasteiger partial charge in [-0.15, -0.1) is 0 Å². The Morgan fingerprint density at radius 3 is 2.06 bits per heavy atom. The Hall–Kier alpha value is -5.46. The van der Waals surface area contributed by atoms with Gasteiger partial charge in [0.05, 0.1) is 62.0 Å². The number of likely N-dealkylation sites (N-methyl/N-ethyl adjacent to an activating group) is 1. The quantitative estimate of drug-likeness (QED) is 0.0288. The van der Waals surface area contributed by atoms with Gasteiger partial charge in [-0.25, -0.2) is 9.59 Å². The van der Waals surface area contributed by atoms with E-state index in [2.05, 4.69) is 26.6 Å². The number of hydrogen-bond donors (Lipinski definition) is 7. The Kier molecular flexibility index (Phi) is 31.6. The van der Waals surface area contributed by atoms with E-state index in [1.165, 1.54) is 28.3 Å². The number of likely N-dealkylation sites (tertiary alicyclic amines) is 1. The molecule has 2 unspecified atom stereocenters. The summed E-state index contributed by atoms with van der Waals surface area (Å²) >= 11 is 0. The largest absolute Gasteiger partial charge is 0.464 e. The average Bonchev–Trinajstić information content (AvgIpc) is 3.91. The number of benzene rings is 1. The van der Waals surface area contributed by atoms with Crippen LogP contribution in [0.25, 0.3) is 0 Å². The van der Waals surface area contributed by atoms with Gasteiger partial charge in [-0.1, -0.05) is 92.1 Å². The Bertz CT molecular complexity index is 2010. The molecule has 1 aliphatic heterocycles.